The number of nitrogens with one attached hydrogen (secondary N) is 1. The highest BCUT2D eigenvalue weighted by Gasteiger charge is 2.19. The molecule has 10 nitrogen and oxygen atoms in total. The van der Waals surface area contributed by atoms with Gasteiger partial charge in [-0.3, -0.25) is 4.79 Å². The highest BCUT2D eigenvalue weighted by Crippen LogP contribution is 2.28. The van der Waals surface area contributed by atoms with Crippen molar-refractivity contribution >= 4 is 40.1 Å². The molecule has 0 unspecified atom stereocenters. The number of carbonyl (C=O) groups excluding carboxylic acids is 2. The van der Waals surface area contributed by atoms with Crippen LogP contribution in [0.3, 0.4) is 0 Å². The van der Waals surface area contributed by atoms with Crippen molar-refractivity contribution in [2.24, 2.45) is 0 Å². The van der Waals surface area contributed by atoms with Crippen LogP contribution in [0.15, 0.2) is 47.3 Å². The van der Waals surface area contributed by atoms with Crippen LogP contribution in [0.2, 0.25) is 5.02 Å². The Bertz CT molecular complexity index is 1280. The van der Waals surface area contributed by atoms with Gasteiger partial charge in [-0.1, -0.05) is 11.6 Å². The van der Waals surface area contributed by atoms with Gasteiger partial charge >= 0.3 is 5.97 Å². The lowest BCUT2D eigenvalue weighted by molar-refractivity contribution is 0.0214. The number of carbonyl (C=O) groups is 2. The van der Waals surface area contributed by atoms with Gasteiger partial charge in [0.15, 0.2) is 5.65 Å². The van der Waals surface area contributed by atoms with E-state index < -0.39 is 5.97 Å². The first-order valence-corrected chi connectivity index (χ1v) is 10.5. The fraction of sp³-hybridized carbons (Fsp3) is 0.273. The number of ether oxygens (including phenoxy) is 3. The molecule has 1 N–H and O–H groups in total. The molecule has 3 heterocycles. The number of benzene rings is 1. The van der Waals surface area contributed by atoms with Crippen molar-refractivity contribution in [1.29, 1.82) is 0 Å². The van der Waals surface area contributed by atoms with Gasteiger partial charge < -0.3 is 23.9 Å². The van der Waals surface area contributed by atoms with Crippen LogP contribution in [0, 0.1) is 0 Å². The van der Waals surface area contributed by atoms with Gasteiger partial charge in [0, 0.05) is 29.9 Å². The number of methoxy groups -OCH3 is 1. The Morgan fingerprint density at radius 1 is 1.15 bits per heavy atom. The summed E-state index contributed by atoms with van der Waals surface area (Å²) in [5.41, 5.74) is 1.31. The topological polar surface area (TPSA) is 117 Å². The summed E-state index contributed by atoms with van der Waals surface area (Å²) in [6, 6.07) is 6.58. The van der Waals surface area contributed by atoms with Gasteiger partial charge in [-0.15, -0.1) is 0 Å². The van der Waals surface area contributed by atoms with E-state index in [0.29, 0.717) is 46.2 Å². The van der Waals surface area contributed by atoms with Gasteiger partial charge in [0.25, 0.3) is 5.91 Å². The van der Waals surface area contributed by atoms with Crippen LogP contribution in [0.1, 0.15) is 26.5 Å². The molecule has 0 radical (unpaired) electrons. The van der Waals surface area contributed by atoms with Crippen molar-refractivity contribution in [2.45, 2.75) is 6.54 Å². The maximum atomic E-state index is 12.6. The number of amides is 1. The van der Waals surface area contributed by atoms with Crippen molar-refractivity contribution < 1.29 is 28.2 Å². The third-order valence-corrected chi connectivity index (χ3v) is 4.91. The molecular formula is C22H21ClN4O6. The number of hydrogen-bond acceptors (Lipinski definition) is 8. The molecule has 11 heteroatoms. The first kappa shape index (κ1) is 22.7. The Hall–Kier alpha value is -3.47. The zero-order valence-electron chi connectivity index (χ0n) is 17.7. The van der Waals surface area contributed by atoms with Crippen LogP contribution < -0.4 is 5.32 Å². The summed E-state index contributed by atoms with van der Waals surface area (Å²) in [6.07, 6.45) is 4.74. The van der Waals surface area contributed by atoms with E-state index in [9.17, 15) is 9.59 Å². The second-order valence-electron chi connectivity index (χ2n) is 6.95. The molecule has 0 spiro atoms. The standard InChI is InChI=1S/C22H21ClN4O6/c1-30-5-6-31-7-8-32-22(29)17-11-15(23)9-14-10-16(33-19(14)17)12-25-21(28)18-13-26-27-4-2-3-24-20(18)27/h2-4,9-11,13H,5-8,12H2,1H3,(H,25,28). The summed E-state index contributed by atoms with van der Waals surface area (Å²) in [7, 11) is 1.58. The van der Waals surface area contributed by atoms with Gasteiger partial charge in [0.1, 0.15) is 29.1 Å². The smallest absolute Gasteiger partial charge is 0.342 e. The molecule has 1 amide bonds. The Balaban J connectivity index is 1.43. The summed E-state index contributed by atoms with van der Waals surface area (Å²) in [5, 5.41) is 7.86. The van der Waals surface area contributed by atoms with Gasteiger partial charge in [-0.2, -0.15) is 5.10 Å². The molecular weight excluding hydrogens is 452 g/mol. The number of fused-ring (bicyclic) bond motifs is 2. The lowest BCUT2D eigenvalue weighted by atomic mass is 10.1. The summed E-state index contributed by atoms with van der Waals surface area (Å²) in [6.45, 7) is 1.29. The number of rotatable bonds is 10. The Morgan fingerprint density at radius 2 is 2.00 bits per heavy atom. The van der Waals surface area contributed by atoms with Crippen molar-refractivity contribution in [1.82, 2.24) is 19.9 Å². The second-order valence-corrected chi connectivity index (χ2v) is 7.39. The number of aromatic nitrogens is 3. The van der Waals surface area contributed by atoms with E-state index in [4.69, 9.17) is 30.2 Å². The molecule has 1 aromatic carbocycles. The van der Waals surface area contributed by atoms with Crippen molar-refractivity contribution in [3.63, 3.8) is 0 Å². The van der Waals surface area contributed by atoms with Crippen molar-refractivity contribution in [2.75, 3.05) is 33.5 Å². The molecule has 4 aromatic rings. The van der Waals surface area contributed by atoms with Crippen LogP contribution in [0.25, 0.3) is 16.6 Å². The zero-order valence-corrected chi connectivity index (χ0v) is 18.5. The van der Waals surface area contributed by atoms with E-state index in [-0.39, 0.29) is 31.2 Å². The minimum absolute atomic E-state index is 0.0772. The van der Waals surface area contributed by atoms with Gasteiger partial charge in [0.2, 0.25) is 0 Å². The molecule has 0 aliphatic heterocycles. The van der Waals surface area contributed by atoms with Crippen LogP contribution in [-0.4, -0.2) is 60.0 Å². The molecule has 0 aliphatic carbocycles. The minimum Gasteiger partial charge on any atom is -0.460 e. The second kappa shape index (κ2) is 10.4. The number of esters is 1. The van der Waals surface area contributed by atoms with E-state index in [0.717, 1.165) is 0 Å². The van der Waals surface area contributed by atoms with E-state index in [2.05, 4.69) is 15.4 Å². The van der Waals surface area contributed by atoms with Crippen molar-refractivity contribution in [3.8, 4) is 0 Å². The van der Waals surface area contributed by atoms with E-state index in [1.54, 1.807) is 37.7 Å². The predicted molar refractivity (Wildman–Crippen MR) is 118 cm³/mol. The van der Waals surface area contributed by atoms with Crippen LogP contribution in [-0.2, 0) is 20.8 Å². The molecule has 172 valence electrons. The first-order valence-electron chi connectivity index (χ1n) is 10.1. The van der Waals surface area contributed by atoms with E-state index >= 15 is 0 Å². The molecule has 0 fully saturated rings. The number of halogens is 1. The number of furan rings is 1. The third kappa shape index (κ3) is 5.30. The number of hydrogen-bond donors (Lipinski definition) is 1. The molecule has 0 aliphatic rings. The monoisotopic (exact) mass is 472 g/mol. The Morgan fingerprint density at radius 3 is 2.85 bits per heavy atom. The quantitative estimate of drug-likeness (QED) is 0.276. The summed E-state index contributed by atoms with van der Waals surface area (Å²) >= 11 is 6.17. The summed E-state index contributed by atoms with van der Waals surface area (Å²) in [5.74, 6) is -0.488. The molecule has 0 saturated carbocycles. The highest BCUT2D eigenvalue weighted by molar-refractivity contribution is 6.32. The zero-order chi connectivity index (χ0) is 23.2. The summed E-state index contributed by atoms with van der Waals surface area (Å²) < 4.78 is 22.8. The maximum Gasteiger partial charge on any atom is 0.342 e. The molecule has 4 rings (SSSR count). The SMILES string of the molecule is COCCOCCOC(=O)c1cc(Cl)cc2cc(CNC(=O)c3cnn4cccnc34)oc12. The van der Waals surface area contributed by atoms with E-state index in [1.165, 1.54) is 16.8 Å². The average molecular weight is 473 g/mol. The van der Waals surface area contributed by atoms with Crippen molar-refractivity contribution in [3.05, 3.63) is 64.8 Å². The summed E-state index contributed by atoms with van der Waals surface area (Å²) in [4.78, 5) is 29.3. The predicted octanol–water partition coefficient (Wildman–Crippen LogP) is 2.88. The first-order chi connectivity index (χ1) is 16.1. The lowest BCUT2D eigenvalue weighted by Crippen LogP contribution is -2.22. The largest absolute Gasteiger partial charge is 0.460 e. The molecule has 0 saturated heterocycles. The fourth-order valence-corrected chi connectivity index (χ4v) is 3.40. The highest BCUT2D eigenvalue weighted by atomic mass is 35.5. The Kier molecular flexibility index (Phi) is 7.18. The number of nitrogens with zero attached hydrogens (tertiary/aromatic N) is 3. The Labute approximate surface area is 193 Å². The minimum atomic E-state index is -0.583. The van der Waals surface area contributed by atoms with Crippen LogP contribution >= 0.6 is 11.6 Å². The fourth-order valence-electron chi connectivity index (χ4n) is 3.17. The van der Waals surface area contributed by atoms with E-state index in [1.807, 2.05) is 0 Å². The normalized spacial score (nSPS) is 11.2. The van der Waals surface area contributed by atoms with Gasteiger partial charge in [-0.25, -0.2) is 14.3 Å². The molecule has 0 bridgehead atoms. The molecule has 3 aromatic heterocycles. The van der Waals surface area contributed by atoms with Crippen LogP contribution in [0.4, 0.5) is 0 Å². The lowest BCUT2D eigenvalue weighted by Gasteiger charge is -2.07. The van der Waals surface area contributed by atoms with Crippen LogP contribution in [0.5, 0.6) is 0 Å². The molecule has 33 heavy (non-hydrogen) atoms. The third-order valence-electron chi connectivity index (χ3n) is 4.69. The van der Waals surface area contributed by atoms with Gasteiger partial charge in [-0.05, 0) is 24.3 Å². The molecule has 0 atom stereocenters. The average Bonchev–Trinajstić information content (AvgIpc) is 3.43. The maximum absolute atomic E-state index is 12.6. The van der Waals surface area contributed by atoms with Gasteiger partial charge in [0.05, 0.1) is 32.6 Å².